The van der Waals surface area contributed by atoms with Gasteiger partial charge in [-0.15, -0.1) is 0 Å². The number of phenolic OH excluding ortho intramolecular Hbond substituents is 1. The molecule has 5 N–H and O–H groups in total. The molecule has 0 radical (unpaired) electrons. The molecule has 0 amide bonds. The van der Waals surface area contributed by atoms with E-state index in [4.69, 9.17) is 13.9 Å². The van der Waals surface area contributed by atoms with Gasteiger partial charge in [-0.2, -0.15) is 0 Å². The molecule has 1 fully saturated rings. The van der Waals surface area contributed by atoms with Gasteiger partial charge in [0.1, 0.15) is 35.8 Å². The molecule has 2 heterocycles. The summed E-state index contributed by atoms with van der Waals surface area (Å²) in [5.74, 6) is -0.393. The number of rotatable bonds is 4. The zero-order valence-corrected chi connectivity index (χ0v) is 15.6. The highest BCUT2D eigenvalue weighted by atomic mass is 16.7. The lowest BCUT2D eigenvalue weighted by molar-refractivity contribution is -0.277. The first-order chi connectivity index (χ1) is 14.4. The van der Waals surface area contributed by atoms with Gasteiger partial charge in [-0.25, -0.2) is 0 Å². The van der Waals surface area contributed by atoms with Gasteiger partial charge >= 0.3 is 0 Å². The number of hydrogen-bond acceptors (Lipinski definition) is 9. The molecule has 3 aromatic rings. The van der Waals surface area contributed by atoms with Crippen LogP contribution in [0.25, 0.3) is 22.3 Å². The van der Waals surface area contributed by atoms with E-state index < -0.39 is 37.3 Å². The summed E-state index contributed by atoms with van der Waals surface area (Å²) < 4.78 is 16.5. The van der Waals surface area contributed by atoms with Gasteiger partial charge in [0.2, 0.25) is 6.29 Å². The third-order valence-corrected chi connectivity index (χ3v) is 4.99. The van der Waals surface area contributed by atoms with Crippen LogP contribution in [-0.2, 0) is 4.74 Å². The van der Waals surface area contributed by atoms with E-state index in [1.165, 1.54) is 24.3 Å². The minimum Gasteiger partial charge on any atom is -0.504 e. The molecule has 5 atom stereocenters. The average molecular weight is 416 g/mol. The van der Waals surface area contributed by atoms with Crippen LogP contribution in [0.4, 0.5) is 0 Å². The summed E-state index contributed by atoms with van der Waals surface area (Å²) in [6, 6.07) is 12.4. The molecule has 0 spiro atoms. The first-order valence-electron chi connectivity index (χ1n) is 9.23. The molecule has 1 aliphatic heterocycles. The molecule has 158 valence electrons. The van der Waals surface area contributed by atoms with Crippen LogP contribution in [0.1, 0.15) is 0 Å². The third-order valence-electron chi connectivity index (χ3n) is 4.99. The Morgan fingerprint density at radius 3 is 2.50 bits per heavy atom. The number of para-hydroxylation sites is 2. The topological polar surface area (TPSA) is 150 Å². The largest absolute Gasteiger partial charge is 0.504 e. The van der Waals surface area contributed by atoms with Gasteiger partial charge in [0.25, 0.3) is 0 Å². The summed E-state index contributed by atoms with van der Waals surface area (Å²) in [6.07, 6.45) is -7.41. The number of aromatic hydroxyl groups is 1. The number of benzene rings is 2. The van der Waals surface area contributed by atoms with E-state index in [1.54, 1.807) is 24.3 Å². The number of hydrogen-bond donors (Lipinski definition) is 5. The van der Waals surface area contributed by atoms with Gasteiger partial charge in [0.05, 0.1) is 17.6 Å². The molecule has 0 aliphatic carbocycles. The second kappa shape index (κ2) is 8.05. The number of phenols is 1. The number of aliphatic hydroxyl groups is 4. The van der Waals surface area contributed by atoms with Crippen LogP contribution in [0.15, 0.2) is 57.7 Å². The van der Waals surface area contributed by atoms with Gasteiger partial charge in [-0.3, -0.25) is 4.79 Å². The Morgan fingerprint density at radius 2 is 1.73 bits per heavy atom. The first-order valence-corrected chi connectivity index (χ1v) is 9.23. The maximum Gasteiger partial charge on any atom is 0.229 e. The molecular formula is C21H20O9. The monoisotopic (exact) mass is 416 g/mol. The van der Waals surface area contributed by atoms with Crippen molar-refractivity contribution in [3.8, 4) is 22.8 Å². The van der Waals surface area contributed by atoms with Crippen LogP contribution in [0.5, 0.6) is 11.5 Å². The zero-order chi connectivity index (χ0) is 21.4. The summed E-state index contributed by atoms with van der Waals surface area (Å²) in [6.45, 7) is -0.612. The summed E-state index contributed by atoms with van der Waals surface area (Å²) >= 11 is 0. The van der Waals surface area contributed by atoms with Gasteiger partial charge < -0.3 is 39.4 Å². The molecule has 0 bridgehead atoms. The summed E-state index contributed by atoms with van der Waals surface area (Å²) in [7, 11) is 0. The van der Waals surface area contributed by atoms with Crippen molar-refractivity contribution in [1.82, 2.24) is 0 Å². The average Bonchev–Trinajstić information content (AvgIpc) is 2.75. The van der Waals surface area contributed by atoms with Crippen LogP contribution < -0.4 is 10.2 Å². The van der Waals surface area contributed by atoms with E-state index in [2.05, 4.69) is 0 Å². The molecule has 5 unspecified atom stereocenters. The van der Waals surface area contributed by atoms with Crippen molar-refractivity contribution >= 4 is 11.0 Å². The number of aliphatic hydroxyl groups excluding tert-OH is 4. The van der Waals surface area contributed by atoms with Crippen molar-refractivity contribution in [1.29, 1.82) is 0 Å². The predicted octanol–water partition coefficient (Wildman–Crippen LogP) is 0.344. The maximum atomic E-state index is 12.4. The zero-order valence-electron chi connectivity index (χ0n) is 15.6. The second-order valence-electron chi connectivity index (χ2n) is 6.94. The Morgan fingerprint density at radius 1 is 0.967 bits per heavy atom. The van der Waals surface area contributed by atoms with Gasteiger partial charge in [0, 0.05) is 6.07 Å². The predicted molar refractivity (Wildman–Crippen MR) is 104 cm³/mol. The number of ether oxygens (including phenoxy) is 2. The van der Waals surface area contributed by atoms with Crippen LogP contribution in [0.3, 0.4) is 0 Å². The molecule has 4 rings (SSSR count). The SMILES string of the molecule is O=c1cc(-c2cccc(OC3OC(CO)C(O)C(O)C3O)c2O)oc2ccccc12. The first kappa shape index (κ1) is 20.3. The summed E-state index contributed by atoms with van der Waals surface area (Å²) in [5, 5.41) is 50.2. The Bertz CT molecular complexity index is 1110. The third kappa shape index (κ3) is 3.53. The van der Waals surface area contributed by atoms with Crippen molar-refractivity contribution in [3.05, 3.63) is 58.8 Å². The highest BCUT2D eigenvalue weighted by Crippen LogP contribution is 2.38. The Kier molecular flexibility index (Phi) is 5.46. The van der Waals surface area contributed by atoms with E-state index in [0.29, 0.717) is 11.0 Å². The Hall–Kier alpha value is -2.95. The molecular weight excluding hydrogens is 396 g/mol. The minimum atomic E-state index is -1.63. The van der Waals surface area contributed by atoms with Crippen LogP contribution in [0.2, 0.25) is 0 Å². The molecule has 1 aromatic heterocycles. The van der Waals surface area contributed by atoms with E-state index in [1.807, 2.05) is 0 Å². The molecule has 2 aromatic carbocycles. The van der Waals surface area contributed by atoms with Crippen LogP contribution in [0, 0.1) is 0 Å². The lowest BCUT2D eigenvalue weighted by Gasteiger charge is -2.39. The Labute approximate surface area is 170 Å². The molecule has 30 heavy (non-hydrogen) atoms. The second-order valence-corrected chi connectivity index (χ2v) is 6.94. The smallest absolute Gasteiger partial charge is 0.229 e. The van der Waals surface area contributed by atoms with Crippen molar-refractivity contribution in [2.75, 3.05) is 6.61 Å². The fourth-order valence-corrected chi connectivity index (χ4v) is 3.34. The normalized spacial score (nSPS) is 26.6. The van der Waals surface area contributed by atoms with E-state index in [9.17, 15) is 30.3 Å². The molecule has 0 saturated carbocycles. The van der Waals surface area contributed by atoms with Gasteiger partial charge in [-0.1, -0.05) is 18.2 Å². The quantitative estimate of drug-likeness (QED) is 0.406. The number of fused-ring (bicyclic) bond motifs is 1. The molecule has 9 heteroatoms. The molecule has 9 nitrogen and oxygen atoms in total. The van der Waals surface area contributed by atoms with E-state index in [0.717, 1.165) is 0 Å². The van der Waals surface area contributed by atoms with Crippen LogP contribution >= 0.6 is 0 Å². The van der Waals surface area contributed by atoms with Crippen molar-refractivity contribution < 1.29 is 39.4 Å². The van der Waals surface area contributed by atoms with Crippen molar-refractivity contribution in [3.63, 3.8) is 0 Å². The summed E-state index contributed by atoms with van der Waals surface area (Å²) in [4.78, 5) is 12.4. The fraction of sp³-hybridized carbons (Fsp3) is 0.286. The lowest BCUT2D eigenvalue weighted by atomic mass is 9.99. The van der Waals surface area contributed by atoms with Gasteiger partial charge in [-0.05, 0) is 24.3 Å². The fourth-order valence-electron chi connectivity index (χ4n) is 3.34. The Balaban J connectivity index is 1.68. The molecule has 1 saturated heterocycles. The van der Waals surface area contributed by atoms with Crippen molar-refractivity contribution in [2.45, 2.75) is 30.7 Å². The lowest BCUT2D eigenvalue weighted by Crippen LogP contribution is -2.60. The van der Waals surface area contributed by atoms with Gasteiger partial charge in [0.15, 0.2) is 16.9 Å². The molecule has 1 aliphatic rings. The van der Waals surface area contributed by atoms with E-state index >= 15 is 0 Å². The highest BCUT2D eigenvalue weighted by molar-refractivity contribution is 5.80. The van der Waals surface area contributed by atoms with E-state index in [-0.39, 0.29) is 28.3 Å². The minimum absolute atomic E-state index is 0.107. The van der Waals surface area contributed by atoms with Crippen molar-refractivity contribution in [2.24, 2.45) is 0 Å². The van der Waals surface area contributed by atoms with Crippen LogP contribution in [-0.4, -0.2) is 62.8 Å². The standard InChI is InChI=1S/C21H20O9/c22-9-16-18(25)19(26)20(27)21(30-16)29-14-7-3-5-11(17(14)24)15-8-12(23)10-4-1-2-6-13(10)28-15/h1-8,16,18-22,24-27H,9H2. The maximum absolute atomic E-state index is 12.4. The summed E-state index contributed by atoms with van der Waals surface area (Å²) in [5.41, 5.74) is 0.228. The highest BCUT2D eigenvalue weighted by Gasteiger charge is 2.45.